The highest BCUT2D eigenvalue weighted by Gasteiger charge is 2.16. The molecule has 112 valence electrons. The van der Waals surface area contributed by atoms with Crippen LogP contribution < -0.4 is 9.47 Å². The lowest BCUT2D eigenvalue weighted by Gasteiger charge is -2.21. The first-order valence-electron chi connectivity index (χ1n) is 7.44. The van der Waals surface area contributed by atoms with E-state index in [2.05, 4.69) is 45.0 Å². The summed E-state index contributed by atoms with van der Waals surface area (Å²) in [7, 11) is 0. The van der Waals surface area contributed by atoms with Crippen molar-refractivity contribution in [3.63, 3.8) is 0 Å². The Morgan fingerprint density at radius 1 is 0.857 bits per heavy atom. The Hall–Kier alpha value is -1.96. The number of benzene rings is 2. The molecule has 2 nitrogen and oxygen atoms in total. The van der Waals surface area contributed by atoms with E-state index in [1.54, 1.807) is 0 Å². The molecule has 21 heavy (non-hydrogen) atoms. The van der Waals surface area contributed by atoms with Gasteiger partial charge in [-0.05, 0) is 35.6 Å². The molecule has 0 aliphatic carbocycles. The number of hydrogen-bond acceptors (Lipinski definition) is 2. The molecular weight excluding hydrogens is 260 g/mol. The minimum absolute atomic E-state index is 0.0929. The zero-order valence-corrected chi connectivity index (χ0v) is 13.3. The zero-order valence-electron chi connectivity index (χ0n) is 13.3. The van der Waals surface area contributed by atoms with Crippen molar-refractivity contribution in [1.29, 1.82) is 0 Å². The number of rotatable bonds is 5. The minimum Gasteiger partial charge on any atom is -0.490 e. The molecule has 0 aromatic heterocycles. The van der Waals surface area contributed by atoms with Crippen LogP contribution in [0, 0.1) is 0 Å². The smallest absolute Gasteiger partial charge is 0.161 e. The van der Waals surface area contributed by atoms with Crippen molar-refractivity contribution in [1.82, 2.24) is 0 Å². The van der Waals surface area contributed by atoms with Crippen LogP contribution in [0.25, 0.3) is 0 Å². The van der Waals surface area contributed by atoms with Gasteiger partial charge in [-0.1, -0.05) is 57.2 Å². The van der Waals surface area contributed by atoms with Crippen molar-refractivity contribution in [3.8, 4) is 11.5 Å². The average molecular weight is 284 g/mol. The molecule has 0 saturated carbocycles. The van der Waals surface area contributed by atoms with Crippen LogP contribution in [-0.2, 0) is 12.0 Å². The molecule has 0 spiro atoms. The maximum Gasteiger partial charge on any atom is 0.161 e. The maximum atomic E-state index is 5.99. The fraction of sp³-hybridized carbons (Fsp3) is 0.368. The molecular formula is C19H24O2. The van der Waals surface area contributed by atoms with Gasteiger partial charge in [0.05, 0.1) is 6.61 Å². The van der Waals surface area contributed by atoms with Gasteiger partial charge in [0.25, 0.3) is 0 Å². The predicted molar refractivity (Wildman–Crippen MR) is 87.1 cm³/mol. The van der Waals surface area contributed by atoms with Gasteiger partial charge in [-0.2, -0.15) is 0 Å². The Labute approximate surface area is 127 Å². The highest BCUT2D eigenvalue weighted by Crippen LogP contribution is 2.33. The van der Waals surface area contributed by atoms with Crippen LogP contribution in [0.1, 0.15) is 38.8 Å². The van der Waals surface area contributed by atoms with Crippen molar-refractivity contribution in [2.24, 2.45) is 0 Å². The van der Waals surface area contributed by atoms with Crippen LogP contribution in [0.2, 0.25) is 0 Å². The van der Waals surface area contributed by atoms with Gasteiger partial charge >= 0.3 is 0 Å². The Kier molecular flexibility index (Phi) is 4.89. The molecule has 0 fully saturated rings. The van der Waals surface area contributed by atoms with Gasteiger partial charge in [0.1, 0.15) is 6.61 Å². The summed E-state index contributed by atoms with van der Waals surface area (Å²) >= 11 is 0. The first kappa shape index (κ1) is 15.4. The molecule has 0 atom stereocenters. The van der Waals surface area contributed by atoms with Crippen LogP contribution in [0.15, 0.2) is 48.5 Å². The molecule has 0 saturated heterocycles. The summed E-state index contributed by atoms with van der Waals surface area (Å²) < 4.78 is 11.7. The first-order valence-corrected chi connectivity index (χ1v) is 7.44. The second kappa shape index (κ2) is 6.66. The van der Waals surface area contributed by atoms with Gasteiger partial charge in [-0.25, -0.2) is 0 Å². The van der Waals surface area contributed by atoms with Crippen LogP contribution >= 0.6 is 0 Å². The third-order valence-corrected chi connectivity index (χ3v) is 3.35. The monoisotopic (exact) mass is 284 g/mol. The Morgan fingerprint density at radius 2 is 1.57 bits per heavy atom. The van der Waals surface area contributed by atoms with Gasteiger partial charge in [-0.3, -0.25) is 0 Å². The molecule has 0 amide bonds. The molecule has 2 aromatic rings. The lowest BCUT2D eigenvalue weighted by Crippen LogP contribution is -2.11. The topological polar surface area (TPSA) is 18.5 Å². The summed E-state index contributed by atoms with van der Waals surface area (Å²) in [6.07, 6.45) is 0. The summed E-state index contributed by atoms with van der Waals surface area (Å²) in [6, 6.07) is 16.4. The van der Waals surface area contributed by atoms with E-state index in [-0.39, 0.29) is 5.41 Å². The lowest BCUT2D eigenvalue weighted by atomic mass is 9.87. The SMILES string of the molecule is CCOc1ccc(C(C)(C)C)cc1OCc1ccccc1. The second-order valence-electron chi connectivity index (χ2n) is 6.12. The fourth-order valence-corrected chi connectivity index (χ4v) is 2.10. The summed E-state index contributed by atoms with van der Waals surface area (Å²) in [5.41, 5.74) is 2.49. The van der Waals surface area contributed by atoms with E-state index in [0.29, 0.717) is 13.2 Å². The molecule has 2 rings (SSSR count). The summed E-state index contributed by atoms with van der Waals surface area (Å²) in [4.78, 5) is 0. The fourth-order valence-electron chi connectivity index (χ4n) is 2.10. The minimum atomic E-state index is 0.0929. The van der Waals surface area contributed by atoms with Crippen molar-refractivity contribution in [2.45, 2.75) is 39.7 Å². The number of ether oxygens (including phenoxy) is 2. The highest BCUT2D eigenvalue weighted by atomic mass is 16.5. The first-order chi connectivity index (χ1) is 10.0. The summed E-state index contributed by atoms with van der Waals surface area (Å²) in [6.45, 7) is 9.76. The predicted octanol–water partition coefficient (Wildman–Crippen LogP) is 4.96. The average Bonchev–Trinajstić information content (AvgIpc) is 2.46. The van der Waals surface area contributed by atoms with Crippen molar-refractivity contribution < 1.29 is 9.47 Å². The third-order valence-electron chi connectivity index (χ3n) is 3.35. The molecule has 0 aliphatic heterocycles. The van der Waals surface area contributed by atoms with Gasteiger partial charge < -0.3 is 9.47 Å². The lowest BCUT2D eigenvalue weighted by molar-refractivity contribution is 0.268. The van der Waals surface area contributed by atoms with Crippen molar-refractivity contribution in [2.75, 3.05) is 6.61 Å². The van der Waals surface area contributed by atoms with E-state index < -0.39 is 0 Å². The van der Waals surface area contributed by atoms with Crippen molar-refractivity contribution >= 4 is 0 Å². The molecule has 0 aliphatic rings. The van der Waals surface area contributed by atoms with Crippen LogP contribution in [-0.4, -0.2) is 6.61 Å². The Balaban J connectivity index is 2.22. The second-order valence-corrected chi connectivity index (χ2v) is 6.12. The van der Waals surface area contributed by atoms with E-state index in [4.69, 9.17) is 9.47 Å². The van der Waals surface area contributed by atoms with Gasteiger partial charge in [-0.15, -0.1) is 0 Å². The molecule has 2 aromatic carbocycles. The van der Waals surface area contributed by atoms with Crippen molar-refractivity contribution in [3.05, 3.63) is 59.7 Å². The summed E-state index contributed by atoms with van der Waals surface area (Å²) in [5, 5.41) is 0. The van der Waals surface area contributed by atoms with E-state index in [0.717, 1.165) is 17.1 Å². The molecule has 2 heteroatoms. The van der Waals surface area contributed by atoms with E-state index >= 15 is 0 Å². The largest absolute Gasteiger partial charge is 0.490 e. The van der Waals surface area contributed by atoms with E-state index in [9.17, 15) is 0 Å². The standard InChI is InChI=1S/C19H24O2/c1-5-20-17-12-11-16(19(2,3)4)13-18(17)21-14-15-9-7-6-8-10-15/h6-13H,5,14H2,1-4H3. The van der Waals surface area contributed by atoms with E-state index in [1.165, 1.54) is 5.56 Å². The zero-order chi connectivity index (χ0) is 15.3. The highest BCUT2D eigenvalue weighted by molar-refractivity contribution is 5.45. The van der Waals surface area contributed by atoms with Gasteiger partial charge in [0.15, 0.2) is 11.5 Å². The van der Waals surface area contributed by atoms with Gasteiger partial charge in [0, 0.05) is 0 Å². The van der Waals surface area contributed by atoms with Gasteiger partial charge in [0.2, 0.25) is 0 Å². The quantitative estimate of drug-likeness (QED) is 0.772. The maximum absolute atomic E-state index is 5.99. The van der Waals surface area contributed by atoms with Crippen LogP contribution in [0.4, 0.5) is 0 Å². The Morgan fingerprint density at radius 3 is 2.19 bits per heavy atom. The molecule has 0 N–H and O–H groups in total. The summed E-state index contributed by atoms with van der Waals surface area (Å²) in [5.74, 6) is 1.62. The number of hydrogen-bond donors (Lipinski definition) is 0. The molecule has 0 radical (unpaired) electrons. The van der Waals surface area contributed by atoms with E-state index in [1.807, 2.05) is 31.2 Å². The third kappa shape index (κ3) is 4.25. The normalized spacial score (nSPS) is 11.2. The van der Waals surface area contributed by atoms with Crippen LogP contribution in [0.5, 0.6) is 11.5 Å². The molecule has 0 unspecified atom stereocenters. The Bertz CT molecular complexity index is 568. The molecule has 0 heterocycles. The van der Waals surface area contributed by atoms with Crippen LogP contribution in [0.3, 0.4) is 0 Å². The molecule has 0 bridgehead atoms.